The molecule has 2 aliphatic rings. The van der Waals surface area contributed by atoms with Crippen molar-refractivity contribution in [1.82, 2.24) is 4.98 Å². The number of benzene rings is 3. The number of aromatic nitrogens is 1. The highest BCUT2D eigenvalue weighted by molar-refractivity contribution is 6.14. The number of halogens is 3. The fraction of sp³-hybridized carbons (Fsp3) is 0.207. The summed E-state index contributed by atoms with van der Waals surface area (Å²) in [5.74, 6) is -1.43. The molecule has 0 saturated carbocycles. The monoisotopic (exact) mass is 486 g/mol. The number of aliphatic imine (C=N–C) groups is 1. The molecule has 1 aromatic heterocycles. The molecule has 0 saturated heterocycles. The number of hydrogen-bond donors (Lipinski definition) is 2. The predicted octanol–water partition coefficient (Wildman–Crippen LogP) is 7.11. The smallest absolute Gasteiger partial charge is 0.160 e. The van der Waals surface area contributed by atoms with E-state index in [9.17, 15) is 4.39 Å². The molecule has 0 bridgehead atoms. The molecule has 7 heteroatoms. The van der Waals surface area contributed by atoms with E-state index in [0.29, 0.717) is 35.4 Å². The molecule has 0 atom stereocenters. The molecule has 4 aromatic rings. The summed E-state index contributed by atoms with van der Waals surface area (Å²) in [4.78, 5) is 9.57. The van der Waals surface area contributed by atoms with E-state index in [-0.39, 0.29) is 16.8 Å². The lowest BCUT2D eigenvalue weighted by atomic mass is 9.91. The Hall–Kier alpha value is -4.00. The summed E-state index contributed by atoms with van der Waals surface area (Å²) < 4.78 is 46.8. The highest BCUT2D eigenvalue weighted by atomic mass is 19.1. The van der Waals surface area contributed by atoms with Gasteiger partial charge < -0.3 is 10.3 Å². The standard InChI is InChI=1S/C29H25F3N4/c1-16-15-34-26-20(16)12-18(30)13-21(26)24-22(31)14-23-27(25(24)32)36-19(11-17-7-5-4-6-8-17)9-10-33-28(36)29(2,3)35-23/h4-9,12-15,34-35H,10-11H2,1-3H3. The van der Waals surface area contributed by atoms with Crippen molar-refractivity contribution in [3.8, 4) is 11.1 Å². The van der Waals surface area contributed by atoms with Crippen molar-refractivity contribution in [1.29, 1.82) is 0 Å². The molecule has 0 amide bonds. The molecular weight excluding hydrogens is 461 g/mol. The van der Waals surface area contributed by atoms with Gasteiger partial charge in [-0.2, -0.15) is 0 Å². The molecule has 4 nitrogen and oxygen atoms in total. The Kier molecular flexibility index (Phi) is 5.00. The first-order valence-electron chi connectivity index (χ1n) is 11.9. The van der Waals surface area contributed by atoms with Crippen LogP contribution in [0.4, 0.5) is 24.5 Å². The molecule has 3 heterocycles. The molecule has 36 heavy (non-hydrogen) atoms. The number of nitrogens with zero attached hydrogens (tertiary/aromatic N) is 2. The van der Waals surface area contributed by atoms with Gasteiger partial charge in [0, 0.05) is 35.3 Å². The molecule has 182 valence electrons. The third-order valence-corrected chi connectivity index (χ3v) is 6.95. The second kappa shape index (κ2) is 8.01. The van der Waals surface area contributed by atoms with E-state index in [1.54, 1.807) is 11.1 Å². The zero-order valence-corrected chi connectivity index (χ0v) is 20.2. The van der Waals surface area contributed by atoms with Crippen molar-refractivity contribution < 1.29 is 13.2 Å². The lowest BCUT2D eigenvalue weighted by molar-refractivity contribution is 0.585. The van der Waals surface area contributed by atoms with E-state index in [4.69, 9.17) is 4.99 Å². The Morgan fingerprint density at radius 3 is 2.61 bits per heavy atom. The van der Waals surface area contributed by atoms with Gasteiger partial charge in [0.1, 0.15) is 23.2 Å². The first kappa shape index (κ1) is 22.5. The number of aromatic amines is 1. The van der Waals surface area contributed by atoms with Gasteiger partial charge in [0.25, 0.3) is 0 Å². The van der Waals surface area contributed by atoms with Crippen molar-refractivity contribution in [2.75, 3.05) is 16.8 Å². The number of H-pyrrole nitrogens is 1. The van der Waals surface area contributed by atoms with E-state index in [0.717, 1.165) is 16.8 Å². The summed E-state index contributed by atoms with van der Waals surface area (Å²) in [6.45, 7) is 6.17. The van der Waals surface area contributed by atoms with Crippen LogP contribution in [0, 0.1) is 24.4 Å². The largest absolute Gasteiger partial charge is 0.371 e. The second-order valence-corrected chi connectivity index (χ2v) is 9.90. The Balaban J connectivity index is 1.59. The minimum Gasteiger partial charge on any atom is -0.371 e. The van der Waals surface area contributed by atoms with Crippen molar-refractivity contribution in [2.24, 2.45) is 4.99 Å². The number of hydrogen-bond acceptors (Lipinski definition) is 3. The van der Waals surface area contributed by atoms with Gasteiger partial charge in [-0.1, -0.05) is 30.3 Å². The molecular formula is C29H25F3N4. The van der Waals surface area contributed by atoms with Gasteiger partial charge in [-0.05, 0) is 50.1 Å². The van der Waals surface area contributed by atoms with Crippen LogP contribution in [0.1, 0.15) is 25.0 Å². The molecule has 2 aliphatic heterocycles. The number of aryl methyl sites for hydroxylation is 1. The number of amidine groups is 1. The third-order valence-electron chi connectivity index (χ3n) is 6.95. The Bertz CT molecular complexity index is 1580. The summed E-state index contributed by atoms with van der Waals surface area (Å²) in [6, 6.07) is 13.8. The topological polar surface area (TPSA) is 43.4 Å². The summed E-state index contributed by atoms with van der Waals surface area (Å²) >= 11 is 0. The van der Waals surface area contributed by atoms with Gasteiger partial charge in [0.2, 0.25) is 0 Å². The van der Waals surface area contributed by atoms with Crippen molar-refractivity contribution >= 4 is 28.1 Å². The molecule has 0 spiro atoms. The number of fused-ring (bicyclic) bond motifs is 4. The quantitative estimate of drug-likeness (QED) is 0.324. The first-order chi connectivity index (χ1) is 17.2. The van der Waals surface area contributed by atoms with Crippen LogP contribution in [-0.4, -0.2) is 22.9 Å². The normalized spacial score (nSPS) is 16.2. The van der Waals surface area contributed by atoms with Gasteiger partial charge in [-0.3, -0.25) is 9.89 Å². The van der Waals surface area contributed by atoms with Gasteiger partial charge in [0.15, 0.2) is 5.82 Å². The van der Waals surface area contributed by atoms with Crippen molar-refractivity contribution in [3.05, 3.63) is 95.1 Å². The zero-order chi connectivity index (χ0) is 25.2. The van der Waals surface area contributed by atoms with Crippen LogP contribution in [0.2, 0.25) is 0 Å². The maximum absolute atomic E-state index is 16.6. The zero-order valence-electron chi connectivity index (χ0n) is 20.2. The summed E-state index contributed by atoms with van der Waals surface area (Å²) in [6.07, 6.45) is 4.24. The van der Waals surface area contributed by atoms with Crippen molar-refractivity contribution in [3.63, 3.8) is 0 Å². The van der Waals surface area contributed by atoms with Crippen LogP contribution >= 0.6 is 0 Å². The van der Waals surface area contributed by atoms with E-state index >= 15 is 8.78 Å². The lowest BCUT2D eigenvalue weighted by Gasteiger charge is -2.45. The molecule has 0 unspecified atom stereocenters. The van der Waals surface area contributed by atoms with E-state index in [1.807, 2.05) is 57.2 Å². The summed E-state index contributed by atoms with van der Waals surface area (Å²) in [7, 11) is 0. The molecule has 6 rings (SSSR count). The number of allylic oxidation sites excluding steroid dienone is 1. The van der Waals surface area contributed by atoms with Crippen LogP contribution in [-0.2, 0) is 6.42 Å². The number of rotatable bonds is 3. The Labute approximate surface area is 207 Å². The molecule has 2 N–H and O–H groups in total. The average molecular weight is 487 g/mol. The fourth-order valence-electron chi connectivity index (χ4n) is 5.31. The SMILES string of the molecule is Cc1c[nH]c2c(-c3c(F)cc4c(c3F)N3C(Cc5ccccc5)=CCN=C3C(C)(C)N4)cc(F)cc12. The van der Waals surface area contributed by atoms with Crippen LogP contribution in [0.3, 0.4) is 0 Å². The maximum atomic E-state index is 16.6. The van der Waals surface area contributed by atoms with Crippen LogP contribution in [0.15, 0.2) is 71.5 Å². The van der Waals surface area contributed by atoms with Crippen LogP contribution in [0.5, 0.6) is 0 Å². The molecule has 0 radical (unpaired) electrons. The van der Waals surface area contributed by atoms with Gasteiger partial charge >= 0.3 is 0 Å². The summed E-state index contributed by atoms with van der Waals surface area (Å²) in [5, 5.41) is 3.86. The van der Waals surface area contributed by atoms with Gasteiger partial charge in [-0.25, -0.2) is 13.2 Å². The van der Waals surface area contributed by atoms with Gasteiger partial charge in [0.05, 0.1) is 28.9 Å². The Morgan fingerprint density at radius 1 is 1.06 bits per heavy atom. The highest BCUT2D eigenvalue weighted by Gasteiger charge is 2.42. The lowest BCUT2D eigenvalue weighted by Crippen LogP contribution is -2.55. The van der Waals surface area contributed by atoms with E-state index < -0.39 is 23.0 Å². The molecule has 0 aliphatic carbocycles. The van der Waals surface area contributed by atoms with E-state index in [1.165, 1.54) is 18.2 Å². The minimum absolute atomic E-state index is 0.143. The maximum Gasteiger partial charge on any atom is 0.160 e. The fourth-order valence-corrected chi connectivity index (χ4v) is 5.31. The number of anilines is 2. The first-order valence-corrected chi connectivity index (χ1v) is 11.9. The van der Waals surface area contributed by atoms with E-state index in [2.05, 4.69) is 10.3 Å². The summed E-state index contributed by atoms with van der Waals surface area (Å²) in [5.41, 5.74) is 2.94. The Morgan fingerprint density at radius 2 is 1.83 bits per heavy atom. The minimum atomic E-state index is -0.764. The molecule has 3 aromatic carbocycles. The second-order valence-electron chi connectivity index (χ2n) is 9.90. The van der Waals surface area contributed by atoms with Crippen LogP contribution in [0.25, 0.3) is 22.0 Å². The predicted molar refractivity (Wildman–Crippen MR) is 139 cm³/mol. The third kappa shape index (κ3) is 3.41. The van der Waals surface area contributed by atoms with Crippen LogP contribution < -0.4 is 10.2 Å². The highest BCUT2D eigenvalue weighted by Crippen LogP contribution is 2.46. The van der Waals surface area contributed by atoms with Gasteiger partial charge in [-0.15, -0.1) is 0 Å². The average Bonchev–Trinajstić information content (AvgIpc) is 3.20. The number of nitrogens with one attached hydrogen (secondary N) is 2. The molecule has 0 fully saturated rings. The van der Waals surface area contributed by atoms with Crippen molar-refractivity contribution in [2.45, 2.75) is 32.7 Å².